The van der Waals surface area contributed by atoms with Gasteiger partial charge in [-0.3, -0.25) is 14.7 Å². The smallest absolute Gasteiger partial charge is 0.237 e. The highest BCUT2D eigenvalue weighted by Gasteiger charge is 2.29. The number of benzene rings is 3. The number of fused-ring (bicyclic) bond motifs is 1. The average molecular weight is 342 g/mol. The van der Waals surface area contributed by atoms with Gasteiger partial charge in [-0.15, -0.1) is 0 Å². The average Bonchev–Trinajstić information content (AvgIpc) is 2.69. The van der Waals surface area contributed by atoms with E-state index in [1.807, 2.05) is 78.9 Å². The molecule has 0 N–H and O–H groups in total. The Kier molecular flexibility index (Phi) is 4.23. The fraction of sp³-hybridized carbons (Fsp3) is 0.0909. The van der Waals surface area contributed by atoms with Gasteiger partial charge < -0.3 is 4.74 Å². The van der Waals surface area contributed by atoms with E-state index in [1.54, 1.807) is 12.0 Å². The molecule has 26 heavy (non-hydrogen) atoms. The van der Waals surface area contributed by atoms with Crippen LogP contribution in [0.1, 0.15) is 12.0 Å². The lowest BCUT2D eigenvalue weighted by molar-refractivity contribution is -0.116. The second-order valence-corrected chi connectivity index (χ2v) is 6.02. The number of para-hydroxylation sites is 2. The van der Waals surface area contributed by atoms with Crippen LogP contribution in [-0.2, 0) is 4.79 Å². The maximum atomic E-state index is 12.9. The third-order valence-corrected chi connectivity index (χ3v) is 4.36. The van der Waals surface area contributed by atoms with E-state index in [0.717, 1.165) is 34.1 Å². The fourth-order valence-corrected chi connectivity index (χ4v) is 3.16. The van der Waals surface area contributed by atoms with E-state index in [9.17, 15) is 4.79 Å². The van der Waals surface area contributed by atoms with Crippen LogP contribution in [0.3, 0.4) is 0 Å². The van der Waals surface area contributed by atoms with Crippen molar-refractivity contribution in [3.63, 3.8) is 0 Å². The quantitative estimate of drug-likeness (QED) is 0.680. The Balaban J connectivity index is 1.81. The standard InChI is InChI=1S/C22H18N2O2/c1-26-18-11-7-8-16(14-18)23-20-15-22(25)24(17-9-3-2-4-10-17)21-13-6-5-12-19(20)21/h2-14H,15H2,1H3. The van der Waals surface area contributed by atoms with E-state index in [4.69, 9.17) is 9.73 Å². The van der Waals surface area contributed by atoms with Gasteiger partial charge in [0.05, 0.1) is 30.6 Å². The molecule has 4 heteroatoms. The predicted molar refractivity (Wildman–Crippen MR) is 104 cm³/mol. The van der Waals surface area contributed by atoms with Crippen molar-refractivity contribution in [2.24, 2.45) is 4.99 Å². The zero-order chi connectivity index (χ0) is 17.9. The summed E-state index contributed by atoms with van der Waals surface area (Å²) >= 11 is 0. The third kappa shape index (κ3) is 2.97. The number of rotatable bonds is 3. The lowest BCUT2D eigenvalue weighted by Gasteiger charge is -2.30. The number of ether oxygens (including phenoxy) is 1. The summed E-state index contributed by atoms with van der Waals surface area (Å²) in [5.74, 6) is 0.754. The topological polar surface area (TPSA) is 41.9 Å². The minimum absolute atomic E-state index is 0.0107. The number of carbonyl (C=O) groups is 1. The van der Waals surface area contributed by atoms with Gasteiger partial charge in [-0.2, -0.15) is 0 Å². The first-order chi connectivity index (χ1) is 12.8. The lowest BCUT2D eigenvalue weighted by Crippen LogP contribution is -2.34. The molecular weight excluding hydrogens is 324 g/mol. The first-order valence-electron chi connectivity index (χ1n) is 8.45. The van der Waals surface area contributed by atoms with Gasteiger partial charge in [0.2, 0.25) is 5.91 Å². The van der Waals surface area contributed by atoms with Crippen molar-refractivity contribution in [1.29, 1.82) is 0 Å². The molecule has 4 nitrogen and oxygen atoms in total. The van der Waals surface area contributed by atoms with Crippen LogP contribution in [0.25, 0.3) is 0 Å². The van der Waals surface area contributed by atoms with E-state index >= 15 is 0 Å². The SMILES string of the molecule is COc1cccc(N=C2CC(=O)N(c3ccccc3)c3ccccc32)c1. The summed E-state index contributed by atoms with van der Waals surface area (Å²) in [5.41, 5.74) is 4.24. The van der Waals surface area contributed by atoms with Crippen LogP contribution in [0.5, 0.6) is 5.75 Å². The Labute approximate surface area is 152 Å². The minimum atomic E-state index is 0.0107. The molecule has 4 rings (SSSR count). The zero-order valence-electron chi connectivity index (χ0n) is 14.4. The largest absolute Gasteiger partial charge is 0.497 e. The minimum Gasteiger partial charge on any atom is -0.497 e. The number of amides is 1. The fourth-order valence-electron chi connectivity index (χ4n) is 3.16. The molecule has 0 fully saturated rings. The van der Waals surface area contributed by atoms with Crippen LogP contribution in [0.2, 0.25) is 0 Å². The molecule has 0 aliphatic carbocycles. The first-order valence-corrected chi connectivity index (χ1v) is 8.45. The van der Waals surface area contributed by atoms with Gasteiger partial charge in [0.1, 0.15) is 5.75 Å². The summed E-state index contributed by atoms with van der Waals surface area (Å²) in [4.78, 5) is 19.4. The van der Waals surface area contributed by atoms with Crippen molar-refractivity contribution < 1.29 is 9.53 Å². The van der Waals surface area contributed by atoms with Crippen LogP contribution in [0.4, 0.5) is 17.1 Å². The summed E-state index contributed by atoms with van der Waals surface area (Å²) in [5, 5.41) is 0. The number of carbonyl (C=O) groups excluding carboxylic acids is 1. The van der Waals surface area contributed by atoms with Crippen molar-refractivity contribution in [3.8, 4) is 5.75 Å². The highest BCUT2D eigenvalue weighted by Crippen LogP contribution is 2.35. The number of hydrogen-bond acceptors (Lipinski definition) is 3. The van der Waals surface area contributed by atoms with Crippen molar-refractivity contribution >= 4 is 28.7 Å². The molecule has 3 aromatic rings. The van der Waals surface area contributed by atoms with Gasteiger partial charge in [0, 0.05) is 17.3 Å². The molecule has 1 amide bonds. The van der Waals surface area contributed by atoms with Crippen LogP contribution < -0.4 is 9.64 Å². The summed E-state index contributed by atoms with van der Waals surface area (Å²) in [6.45, 7) is 0. The van der Waals surface area contributed by atoms with Crippen LogP contribution in [0, 0.1) is 0 Å². The van der Waals surface area contributed by atoms with Crippen molar-refractivity contribution in [3.05, 3.63) is 84.4 Å². The Morgan fingerprint density at radius 1 is 0.923 bits per heavy atom. The molecule has 0 spiro atoms. The highest BCUT2D eigenvalue weighted by atomic mass is 16.5. The molecule has 0 bridgehead atoms. The van der Waals surface area contributed by atoms with Gasteiger partial charge in [-0.05, 0) is 30.3 Å². The maximum absolute atomic E-state index is 12.9. The monoisotopic (exact) mass is 342 g/mol. The number of aliphatic imine (C=N–C) groups is 1. The first kappa shape index (κ1) is 16.1. The zero-order valence-corrected chi connectivity index (χ0v) is 14.4. The van der Waals surface area contributed by atoms with Gasteiger partial charge in [-0.1, -0.05) is 42.5 Å². The van der Waals surface area contributed by atoms with E-state index in [-0.39, 0.29) is 12.3 Å². The van der Waals surface area contributed by atoms with Crippen LogP contribution in [-0.4, -0.2) is 18.7 Å². The number of anilines is 2. The van der Waals surface area contributed by atoms with Gasteiger partial charge in [-0.25, -0.2) is 0 Å². The number of hydrogen-bond donors (Lipinski definition) is 0. The molecule has 128 valence electrons. The Morgan fingerprint density at radius 3 is 2.50 bits per heavy atom. The molecule has 0 saturated heterocycles. The van der Waals surface area contributed by atoms with Crippen LogP contribution >= 0.6 is 0 Å². The second-order valence-electron chi connectivity index (χ2n) is 6.02. The van der Waals surface area contributed by atoms with Crippen LogP contribution in [0.15, 0.2) is 83.9 Å². The normalized spacial score (nSPS) is 15.0. The van der Waals surface area contributed by atoms with E-state index in [2.05, 4.69) is 0 Å². The van der Waals surface area contributed by atoms with Crippen molar-refractivity contribution in [2.45, 2.75) is 6.42 Å². The summed E-state index contributed by atoms with van der Waals surface area (Å²) in [6, 6.07) is 25.1. The Hall–Kier alpha value is -3.40. The molecule has 0 radical (unpaired) electrons. The molecule has 0 saturated carbocycles. The highest BCUT2D eigenvalue weighted by molar-refractivity contribution is 6.24. The van der Waals surface area contributed by atoms with E-state index < -0.39 is 0 Å². The third-order valence-electron chi connectivity index (χ3n) is 4.36. The molecule has 0 unspecified atom stereocenters. The molecule has 0 aromatic heterocycles. The lowest BCUT2D eigenvalue weighted by atomic mass is 9.98. The summed E-state index contributed by atoms with van der Waals surface area (Å²) in [7, 11) is 1.63. The van der Waals surface area contributed by atoms with Gasteiger partial charge in [0.25, 0.3) is 0 Å². The Bertz CT molecular complexity index is 980. The van der Waals surface area contributed by atoms with Crippen molar-refractivity contribution in [2.75, 3.05) is 12.0 Å². The number of methoxy groups -OCH3 is 1. The van der Waals surface area contributed by atoms with Gasteiger partial charge in [0.15, 0.2) is 0 Å². The molecular formula is C22H18N2O2. The number of nitrogens with zero attached hydrogens (tertiary/aromatic N) is 2. The van der Waals surface area contributed by atoms with E-state index in [1.165, 1.54) is 0 Å². The maximum Gasteiger partial charge on any atom is 0.237 e. The second kappa shape index (κ2) is 6.84. The molecule has 1 heterocycles. The summed E-state index contributed by atoms with van der Waals surface area (Å²) in [6.07, 6.45) is 0.253. The molecule has 0 atom stereocenters. The molecule has 3 aromatic carbocycles. The molecule has 1 aliphatic heterocycles. The molecule has 1 aliphatic rings. The predicted octanol–water partition coefficient (Wildman–Crippen LogP) is 4.88. The Morgan fingerprint density at radius 2 is 1.69 bits per heavy atom. The van der Waals surface area contributed by atoms with Crippen molar-refractivity contribution in [1.82, 2.24) is 0 Å². The summed E-state index contributed by atoms with van der Waals surface area (Å²) < 4.78 is 5.27. The van der Waals surface area contributed by atoms with Gasteiger partial charge >= 0.3 is 0 Å². The van der Waals surface area contributed by atoms with E-state index in [0.29, 0.717) is 0 Å².